The zero-order valence-electron chi connectivity index (χ0n) is 23.8. The Labute approximate surface area is 228 Å². The average molecular weight is 564 g/mol. The summed E-state index contributed by atoms with van der Waals surface area (Å²) in [6.45, 7) is 19.6. The number of rotatable bonds is 4. The maximum absolute atomic E-state index is 13.7. The molecule has 5 rings (SSSR count). The van der Waals surface area contributed by atoms with Gasteiger partial charge in [-0.1, -0.05) is 62.7 Å². The van der Waals surface area contributed by atoms with Crippen molar-refractivity contribution in [3.8, 4) is 0 Å². The molecule has 3 nitrogen and oxygen atoms in total. The maximum Gasteiger partial charge on any atom is 0.312 e. The normalized spacial score (nSPS) is 51.3. The van der Waals surface area contributed by atoms with Crippen LogP contribution in [0.25, 0.3) is 0 Å². The summed E-state index contributed by atoms with van der Waals surface area (Å²) >= 11 is 3.45. The van der Waals surface area contributed by atoms with E-state index >= 15 is 0 Å². The van der Waals surface area contributed by atoms with Crippen molar-refractivity contribution < 1.29 is 14.6 Å². The standard InChI is InChI=1S/C32H51BrO3/c1-20(2)21-10-15-32(27(35)36-19-18-33)17-16-30(6)22(26(21)32)8-9-24-29(5)13-12-25(34)28(3,4)23(29)11-14-31(24,30)7/h21-26,34H,1,8-19H2,2-7H3/t21-,22+,23-,24+,25-,26+,29-,30+,31+,32-/m0/s1. The first kappa shape index (κ1) is 27.2. The largest absolute Gasteiger partial charge is 0.464 e. The van der Waals surface area contributed by atoms with Gasteiger partial charge in [0, 0.05) is 5.33 Å². The van der Waals surface area contributed by atoms with Crippen molar-refractivity contribution in [3.05, 3.63) is 12.2 Å². The molecule has 36 heavy (non-hydrogen) atoms. The van der Waals surface area contributed by atoms with E-state index in [-0.39, 0.29) is 39.1 Å². The molecule has 0 bridgehead atoms. The number of aliphatic hydroxyl groups is 1. The van der Waals surface area contributed by atoms with Crippen LogP contribution < -0.4 is 0 Å². The summed E-state index contributed by atoms with van der Waals surface area (Å²) in [6.07, 6.45) is 11.1. The Morgan fingerprint density at radius 3 is 2.31 bits per heavy atom. The third kappa shape index (κ3) is 3.40. The highest BCUT2D eigenvalue weighted by atomic mass is 79.9. The molecule has 0 spiro atoms. The molecule has 0 heterocycles. The number of fused-ring (bicyclic) bond motifs is 7. The van der Waals surface area contributed by atoms with Crippen molar-refractivity contribution in [2.75, 3.05) is 11.9 Å². The number of carbonyl (C=O) groups excluding carboxylic acids is 1. The second kappa shape index (κ2) is 8.83. The molecule has 10 atom stereocenters. The molecule has 5 fully saturated rings. The van der Waals surface area contributed by atoms with Crippen molar-refractivity contribution in [2.45, 2.75) is 112 Å². The second-order valence-electron chi connectivity index (χ2n) is 15.0. The minimum absolute atomic E-state index is 0.0104. The SMILES string of the molecule is C=C(C)[C@@H]1CC[C@]2(C(=O)OCCBr)CC[C@]3(C)[C@H](CC[C@@H]4[C@@]5(C)CC[C@H](O)C(C)(C)[C@@H]5CC[C@]43C)[C@@H]12. The summed E-state index contributed by atoms with van der Waals surface area (Å²) in [4.78, 5) is 13.7. The molecule has 1 N–H and O–H groups in total. The first-order valence-electron chi connectivity index (χ1n) is 14.9. The summed E-state index contributed by atoms with van der Waals surface area (Å²) in [5.74, 6) is 2.70. The smallest absolute Gasteiger partial charge is 0.312 e. The molecule has 5 aliphatic rings. The Balaban J connectivity index is 1.54. The number of allylic oxidation sites excluding steroid dienone is 1. The van der Waals surface area contributed by atoms with Gasteiger partial charge in [-0.05, 0) is 122 Å². The van der Waals surface area contributed by atoms with Crippen LogP contribution in [0.1, 0.15) is 106 Å². The third-order valence-electron chi connectivity index (χ3n) is 13.8. The Hall–Kier alpha value is -0.350. The lowest BCUT2D eigenvalue weighted by Crippen LogP contribution is -2.67. The Kier molecular flexibility index (Phi) is 6.68. The van der Waals surface area contributed by atoms with E-state index in [1.807, 2.05) is 0 Å². The van der Waals surface area contributed by atoms with E-state index in [4.69, 9.17) is 4.74 Å². The topological polar surface area (TPSA) is 46.5 Å². The minimum Gasteiger partial charge on any atom is -0.464 e. The van der Waals surface area contributed by atoms with Crippen molar-refractivity contribution in [1.82, 2.24) is 0 Å². The Morgan fingerprint density at radius 2 is 1.64 bits per heavy atom. The Bertz CT molecular complexity index is 913. The van der Waals surface area contributed by atoms with Gasteiger partial charge in [0.15, 0.2) is 0 Å². The van der Waals surface area contributed by atoms with E-state index in [2.05, 4.69) is 64.1 Å². The number of esters is 1. The van der Waals surface area contributed by atoms with Crippen molar-refractivity contribution in [2.24, 2.45) is 56.7 Å². The molecule has 0 unspecified atom stereocenters. The van der Waals surface area contributed by atoms with Gasteiger partial charge in [0.25, 0.3) is 0 Å². The summed E-state index contributed by atoms with van der Waals surface area (Å²) in [6, 6.07) is 0. The molecule has 4 heteroatoms. The van der Waals surface area contributed by atoms with Crippen molar-refractivity contribution in [3.63, 3.8) is 0 Å². The van der Waals surface area contributed by atoms with Gasteiger partial charge in [-0.25, -0.2) is 0 Å². The van der Waals surface area contributed by atoms with Crippen LogP contribution in [0.3, 0.4) is 0 Å². The van der Waals surface area contributed by atoms with E-state index in [0.717, 1.165) is 38.5 Å². The number of halogens is 1. The molecule has 0 saturated heterocycles. The molecule has 204 valence electrons. The van der Waals surface area contributed by atoms with Crippen molar-refractivity contribution in [1.29, 1.82) is 0 Å². The van der Waals surface area contributed by atoms with Crippen LogP contribution in [-0.4, -0.2) is 29.1 Å². The molecular weight excluding hydrogens is 512 g/mol. The highest BCUT2D eigenvalue weighted by molar-refractivity contribution is 9.09. The van der Waals surface area contributed by atoms with Crippen molar-refractivity contribution >= 4 is 21.9 Å². The van der Waals surface area contributed by atoms with Crippen LogP contribution in [0.5, 0.6) is 0 Å². The summed E-state index contributed by atoms with van der Waals surface area (Å²) in [5.41, 5.74) is 1.72. The number of carbonyl (C=O) groups is 1. The predicted molar refractivity (Wildman–Crippen MR) is 150 cm³/mol. The van der Waals surface area contributed by atoms with Gasteiger partial charge in [0.1, 0.15) is 6.61 Å². The molecule has 0 aromatic heterocycles. The first-order valence-corrected chi connectivity index (χ1v) is 16.0. The molecular formula is C32H51BrO3. The molecule has 0 radical (unpaired) electrons. The summed E-state index contributed by atoms with van der Waals surface area (Å²) in [7, 11) is 0. The van der Waals surface area contributed by atoms with Crippen LogP contribution in [0.4, 0.5) is 0 Å². The molecule has 0 aromatic rings. The number of ether oxygens (including phenoxy) is 1. The van der Waals surface area contributed by atoms with Gasteiger partial charge < -0.3 is 9.84 Å². The van der Waals surface area contributed by atoms with Gasteiger partial charge in [0.2, 0.25) is 0 Å². The lowest BCUT2D eigenvalue weighted by molar-refractivity contribution is -0.248. The Morgan fingerprint density at radius 1 is 0.917 bits per heavy atom. The van der Waals surface area contributed by atoms with Gasteiger partial charge in [-0.2, -0.15) is 0 Å². The zero-order chi connectivity index (χ0) is 26.3. The lowest BCUT2D eigenvalue weighted by Gasteiger charge is -2.72. The minimum atomic E-state index is -0.322. The molecule has 0 aromatic carbocycles. The molecule has 0 amide bonds. The lowest BCUT2D eigenvalue weighted by atomic mass is 9.32. The maximum atomic E-state index is 13.7. The number of alkyl halides is 1. The van der Waals surface area contributed by atoms with Crippen LogP contribution in [0, 0.1) is 56.7 Å². The number of hydrogen-bond acceptors (Lipinski definition) is 3. The number of hydrogen-bond donors (Lipinski definition) is 1. The van der Waals surface area contributed by atoms with Gasteiger partial charge >= 0.3 is 5.97 Å². The van der Waals surface area contributed by atoms with E-state index in [0.29, 0.717) is 41.5 Å². The summed E-state index contributed by atoms with van der Waals surface area (Å²) in [5, 5.41) is 11.7. The highest BCUT2D eigenvalue weighted by Gasteiger charge is 2.72. The molecule has 5 saturated carbocycles. The van der Waals surface area contributed by atoms with Crippen LogP contribution in [0.15, 0.2) is 12.2 Å². The van der Waals surface area contributed by atoms with Gasteiger partial charge in [-0.15, -0.1) is 0 Å². The van der Waals surface area contributed by atoms with Crippen LogP contribution in [-0.2, 0) is 9.53 Å². The van der Waals surface area contributed by atoms with E-state index in [1.165, 1.54) is 31.3 Å². The summed E-state index contributed by atoms with van der Waals surface area (Å²) < 4.78 is 5.89. The third-order valence-corrected chi connectivity index (χ3v) is 14.1. The monoisotopic (exact) mass is 562 g/mol. The highest BCUT2D eigenvalue weighted by Crippen LogP contribution is 2.77. The molecule has 0 aliphatic heterocycles. The van der Waals surface area contributed by atoms with Gasteiger partial charge in [-0.3, -0.25) is 4.79 Å². The fraction of sp³-hybridized carbons (Fsp3) is 0.906. The first-order chi connectivity index (χ1) is 16.8. The van der Waals surface area contributed by atoms with E-state index in [1.54, 1.807) is 0 Å². The second-order valence-corrected chi connectivity index (χ2v) is 15.8. The zero-order valence-corrected chi connectivity index (χ0v) is 25.4. The average Bonchev–Trinajstić information content (AvgIpc) is 3.22. The quantitative estimate of drug-likeness (QED) is 0.215. The molecule has 5 aliphatic carbocycles. The number of aliphatic hydroxyl groups excluding tert-OH is 1. The fourth-order valence-electron chi connectivity index (χ4n) is 11.8. The van der Waals surface area contributed by atoms with Gasteiger partial charge in [0.05, 0.1) is 11.5 Å². The predicted octanol–water partition coefficient (Wildman–Crippen LogP) is 7.94. The van der Waals surface area contributed by atoms with Crippen LogP contribution >= 0.6 is 15.9 Å². The van der Waals surface area contributed by atoms with E-state index < -0.39 is 0 Å². The van der Waals surface area contributed by atoms with E-state index in [9.17, 15) is 9.90 Å². The van der Waals surface area contributed by atoms with Crippen LogP contribution in [0.2, 0.25) is 0 Å². The fourth-order valence-corrected chi connectivity index (χ4v) is 11.9.